The smallest absolute Gasteiger partial charge is 0.191 e. The van der Waals surface area contributed by atoms with Gasteiger partial charge in [-0.15, -0.1) is 24.0 Å². The number of guanidine groups is 1. The van der Waals surface area contributed by atoms with Gasteiger partial charge in [0, 0.05) is 36.9 Å². The predicted octanol–water partition coefficient (Wildman–Crippen LogP) is 4.16. The van der Waals surface area contributed by atoms with Gasteiger partial charge in [0.25, 0.3) is 0 Å². The molecule has 0 spiro atoms. The summed E-state index contributed by atoms with van der Waals surface area (Å²) in [5, 5.41) is 17.5. The summed E-state index contributed by atoms with van der Waals surface area (Å²) in [7, 11) is 1.64. The van der Waals surface area contributed by atoms with Gasteiger partial charge in [0.05, 0.1) is 19.8 Å². The van der Waals surface area contributed by atoms with E-state index in [2.05, 4.69) is 15.6 Å². The van der Waals surface area contributed by atoms with Gasteiger partial charge in [0.15, 0.2) is 5.96 Å². The molecule has 2 rings (SSSR count). The van der Waals surface area contributed by atoms with Crippen LogP contribution < -0.4 is 15.4 Å². The average Bonchev–Trinajstić information content (AvgIpc) is 2.75. The van der Waals surface area contributed by atoms with E-state index in [-0.39, 0.29) is 24.0 Å². The van der Waals surface area contributed by atoms with Gasteiger partial charge in [0.1, 0.15) is 5.75 Å². The lowest BCUT2D eigenvalue weighted by Crippen LogP contribution is -2.40. The molecule has 1 unspecified atom stereocenters. The lowest BCUT2D eigenvalue weighted by molar-refractivity contribution is 0.145. The molecule has 2 aromatic rings. The monoisotopic (exact) mass is 547 g/mol. The number of nitrogens with zero attached hydrogens (tertiary/aromatic N) is 1. The van der Waals surface area contributed by atoms with E-state index < -0.39 is 6.10 Å². The molecule has 0 aliphatic carbocycles. The molecular formula is C22H31ClIN3O3. The molecule has 1 atom stereocenters. The van der Waals surface area contributed by atoms with Gasteiger partial charge in [-0.2, -0.15) is 0 Å². The van der Waals surface area contributed by atoms with E-state index >= 15 is 0 Å². The number of hydrogen-bond acceptors (Lipinski definition) is 4. The highest BCUT2D eigenvalue weighted by atomic mass is 127. The van der Waals surface area contributed by atoms with Gasteiger partial charge < -0.3 is 25.2 Å². The quantitative estimate of drug-likeness (QED) is 0.171. The zero-order valence-electron chi connectivity index (χ0n) is 17.4. The zero-order valence-corrected chi connectivity index (χ0v) is 20.5. The highest BCUT2D eigenvalue weighted by Gasteiger charge is 2.11. The lowest BCUT2D eigenvalue weighted by atomic mass is 10.1. The second kappa shape index (κ2) is 15.3. The van der Waals surface area contributed by atoms with Crippen LogP contribution in [0.3, 0.4) is 0 Å². The van der Waals surface area contributed by atoms with Crippen LogP contribution in [0, 0.1) is 0 Å². The first-order valence-corrected chi connectivity index (χ1v) is 10.2. The topological polar surface area (TPSA) is 75.1 Å². The van der Waals surface area contributed by atoms with Gasteiger partial charge in [-0.05, 0) is 37.1 Å². The first-order chi connectivity index (χ1) is 14.1. The van der Waals surface area contributed by atoms with Gasteiger partial charge >= 0.3 is 0 Å². The molecule has 30 heavy (non-hydrogen) atoms. The summed E-state index contributed by atoms with van der Waals surface area (Å²) < 4.78 is 10.6. The third-order valence-corrected chi connectivity index (χ3v) is 4.61. The molecule has 8 heteroatoms. The summed E-state index contributed by atoms with van der Waals surface area (Å²) in [5.41, 5.74) is 1.75. The molecule has 0 aromatic heterocycles. The Kier molecular flexibility index (Phi) is 13.5. The van der Waals surface area contributed by atoms with Crippen molar-refractivity contribution in [2.45, 2.75) is 26.0 Å². The minimum absolute atomic E-state index is 0. The number of aliphatic hydroxyl groups is 1. The average molecular weight is 548 g/mol. The number of halogens is 2. The highest BCUT2D eigenvalue weighted by Crippen LogP contribution is 2.21. The molecule has 0 amide bonds. The molecular weight excluding hydrogens is 517 g/mol. The largest absolute Gasteiger partial charge is 0.497 e. The highest BCUT2D eigenvalue weighted by molar-refractivity contribution is 14.0. The fourth-order valence-corrected chi connectivity index (χ4v) is 2.91. The summed E-state index contributed by atoms with van der Waals surface area (Å²) in [6.07, 6.45) is 0.129. The Hall–Kier alpha value is -1.55. The molecule has 0 aliphatic rings. The summed E-state index contributed by atoms with van der Waals surface area (Å²) >= 11 is 6.17. The Morgan fingerprint density at radius 2 is 1.87 bits per heavy atom. The van der Waals surface area contributed by atoms with Crippen molar-refractivity contribution in [3.8, 4) is 5.75 Å². The fraction of sp³-hybridized carbons (Fsp3) is 0.409. The standard InChI is InChI=1S/C22H30ClN3O3.HI/c1-3-29-14-6-13-24-22(25-15-17-9-11-18(28-2)12-10-17)26-16-21(27)19-7-4-5-8-20(19)23;/h4-5,7-12,21,27H,3,6,13-16H2,1-2H3,(H2,24,25,26);1H. The van der Waals surface area contributed by atoms with Crippen molar-refractivity contribution in [1.82, 2.24) is 10.6 Å². The van der Waals surface area contributed by atoms with Crippen molar-refractivity contribution in [1.29, 1.82) is 0 Å². The van der Waals surface area contributed by atoms with Crippen molar-refractivity contribution in [3.63, 3.8) is 0 Å². The number of rotatable bonds is 11. The first-order valence-electron chi connectivity index (χ1n) is 9.79. The molecule has 0 fully saturated rings. The van der Waals surface area contributed by atoms with E-state index in [0.717, 1.165) is 24.3 Å². The molecule has 3 N–H and O–H groups in total. The van der Waals surface area contributed by atoms with Gasteiger partial charge in [-0.3, -0.25) is 0 Å². The molecule has 0 saturated carbocycles. The molecule has 6 nitrogen and oxygen atoms in total. The van der Waals surface area contributed by atoms with Crippen LogP contribution in [-0.2, 0) is 11.3 Å². The maximum atomic E-state index is 10.5. The Morgan fingerprint density at radius 1 is 1.13 bits per heavy atom. The summed E-state index contributed by atoms with van der Waals surface area (Å²) in [4.78, 5) is 4.62. The number of aliphatic hydroxyl groups excluding tert-OH is 1. The maximum Gasteiger partial charge on any atom is 0.191 e. The Labute approximate surface area is 201 Å². The van der Waals surface area contributed by atoms with E-state index in [4.69, 9.17) is 21.1 Å². The molecule has 0 radical (unpaired) electrons. The van der Waals surface area contributed by atoms with E-state index in [1.807, 2.05) is 49.4 Å². The van der Waals surface area contributed by atoms with Crippen molar-refractivity contribution in [2.75, 3.05) is 33.4 Å². The van der Waals surface area contributed by atoms with Crippen LogP contribution in [0.25, 0.3) is 0 Å². The number of benzene rings is 2. The van der Waals surface area contributed by atoms with Crippen molar-refractivity contribution < 1.29 is 14.6 Å². The summed E-state index contributed by atoms with van der Waals surface area (Å²) in [5.74, 6) is 1.44. The van der Waals surface area contributed by atoms with Crippen LogP contribution >= 0.6 is 35.6 Å². The normalized spacial score (nSPS) is 12.1. The molecule has 2 aromatic carbocycles. The maximum absolute atomic E-state index is 10.5. The van der Waals surface area contributed by atoms with Crippen LogP contribution in [0.15, 0.2) is 53.5 Å². The SMILES string of the molecule is CCOCCCNC(=NCc1ccc(OC)cc1)NCC(O)c1ccccc1Cl.I. The van der Waals surface area contributed by atoms with Crippen LogP contribution in [0.5, 0.6) is 5.75 Å². The Balaban J connectivity index is 0.00000450. The van der Waals surface area contributed by atoms with Crippen LogP contribution in [-0.4, -0.2) is 44.5 Å². The van der Waals surface area contributed by atoms with E-state index in [1.165, 1.54) is 0 Å². The number of methoxy groups -OCH3 is 1. The third kappa shape index (κ3) is 9.51. The zero-order chi connectivity index (χ0) is 20.9. The lowest BCUT2D eigenvalue weighted by Gasteiger charge is -2.17. The Morgan fingerprint density at radius 3 is 2.53 bits per heavy atom. The molecule has 0 bridgehead atoms. The predicted molar refractivity (Wildman–Crippen MR) is 133 cm³/mol. The number of hydrogen-bond donors (Lipinski definition) is 3. The van der Waals surface area contributed by atoms with Gasteiger partial charge in [0.2, 0.25) is 0 Å². The van der Waals surface area contributed by atoms with Crippen LogP contribution in [0.2, 0.25) is 5.02 Å². The van der Waals surface area contributed by atoms with E-state index in [1.54, 1.807) is 13.2 Å². The number of nitrogens with one attached hydrogen (secondary N) is 2. The fourth-order valence-electron chi connectivity index (χ4n) is 2.65. The molecule has 0 aliphatic heterocycles. The first kappa shape index (κ1) is 26.5. The molecule has 0 heterocycles. The third-order valence-electron chi connectivity index (χ3n) is 4.27. The minimum Gasteiger partial charge on any atom is -0.497 e. The van der Waals surface area contributed by atoms with Crippen molar-refractivity contribution >= 4 is 41.5 Å². The van der Waals surface area contributed by atoms with Crippen LogP contribution in [0.1, 0.15) is 30.6 Å². The second-order valence-corrected chi connectivity index (χ2v) is 6.82. The van der Waals surface area contributed by atoms with Crippen molar-refractivity contribution in [3.05, 3.63) is 64.7 Å². The number of aliphatic imine (C=N–C) groups is 1. The van der Waals surface area contributed by atoms with Crippen molar-refractivity contribution in [2.24, 2.45) is 4.99 Å². The minimum atomic E-state index is -0.736. The van der Waals surface area contributed by atoms with Gasteiger partial charge in [-0.1, -0.05) is 41.9 Å². The van der Waals surface area contributed by atoms with E-state index in [9.17, 15) is 5.11 Å². The number of ether oxygens (including phenoxy) is 2. The molecule has 166 valence electrons. The molecule has 0 saturated heterocycles. The summed E-state index contributed by atoms with van der Waals surface area (Å²) in [6.45, 7) is 4.90. The van der Waals surface area contributed by atoms with E-state index in [0.29, 0.717) is 42.8 Å². The van der Waals surface area contributed by atoms with Crippen LogP contribution in [0.4, 0.5) is 0 Å². The summed E-state index contributed by atoms with van der Waals surface area (Å²) in [6, 6.07) is 15.1. The van der Waals surface area contributed by atoms with Gasteiger partial charge in [-0.25, -0.2) is 4.99 Å². The second-order valence-electron chi connectivity index (χ2n) is 6.41. The Bertz CT molecular complexity index is 760.